The minimum atomic E-state index is 0.423. The molecule has 2 heteroatoms. The number of carbonyl (C=O) groups is 1. The van der Waals surface area contributed by atoms with Crippen molar-refractivity contribution < 1.29 is 4.79 Å². The van der Waals surface area contributed by atoms with Gasteiger partial charge in [-0.05, 0) is 19.8 Å². The molecule has 0 N–H and O–H groups in total. The standard InChI is InChI=1S/C8H13NO/c1-8(3-4-8)9-5-2-7(10)6-9/h2-6H2,1H3. The van der Waals surface area contributed by atoms with E-state index in [9.17, 15) is 4.79 Å². The Hall–Kier alpha value is -0.370. The van der Waals surface area contributed by atoms with Crippen LogP contribution in [-0.4, -0.2) is 29.3 Å². The first kappa shape index (κ1) is 6.35. The van der Waals surface area contributed by atoms with E-state index in [0.717, 1.165) is 19.5 Å². The van der Waals surface area contributed by atoms with E-state index < -0.39 is 0 Å². The zero-order chi connectivity index (χ0) is 7.19. The van der Waals surface area contributed by atoms with Gasteiger partial charge in [0, 0.05) is 18.5 Å². The van der Waals surface area contributed by atoms with Crippen LogP contribution in [0, 0.1) is 0 Å². The van der Waals surface area contributed by atoms with Crippen molar-refractivity contribution in [1.29, 1.82) is 0 Å². The smallest absolute Gasteiger partial charge is 0.148 e. The monoisotopic (exact) mass is 139 g/mol. The van der Waals surface area contributed by atoms with E-state index in [4.69, 9.17) is 0 Å². The van der Waals surface area contributed by atoms with E-state index in [1.807, 2.05) is 0 Å². The molecule has 1 aliphatic heterocycles. The van der Waals surface area contributed by atoms with Crippen LogP contribution in [0.4, 0.5) is 0 Å². The second-order valence-electron chi connectivity index (χ2n) is 3.71. The molecule has 0 unspecified atom stereocenters. The highest BCUT2D eigenvalue weighted by Crippen LogP contribution is 2.42. The molecule has 2 rings (SSSR count). The Labute approximate surface area is 61.2 Å². The zero-order valence-electron chi connectivity index (χ0n) is 6.39. The lowest BCUT2D eigenvalue weighted by molar-refractivity contribution is -0.117. The van der Waals surface area contributed by atoms with Crippen molar-refractivity contribution in [3.8, 4) is 0 Å². The normalized spacial score (nSPS) is 31.1. The summed E-state index contributed by atoms with van der Waals surface area (Å²) in [5, 5.41) is 0. The minimum absolute atomic E-state index is 0.423. The van der Waals surface area contributed by atoms with Gasteiger partial charge in [0.2, 0.25) is 0 Å². The Morgan fingerprint density at radius 1 is 1.50 bits per heavy atom. The number of nitrogens with zero attached hydrogens (tertiary/aromatic N) is 1. The number of carbonyl (C=O) groups excluding carboxylic acids is 1. The molecule has 0 atom stereocenters. The number of likely N-dealkylation sites (tertiary alicyclic amines) is 1. The van der Waals surface area contributed by atoms with Crippen molar-refractivity contribution in [1.82, 2.24) is 4.90 Å². The van der Waals surface area contributed by atoms with Crippen LogP contribution >= 0.6 is 0 Å². The quantitative estimate of drug-likeness (QED) is 0.536. The van der Waals surface area contributed by atoms with Crippen LogP contribution in [0.5, 0.6) is 0 Å². The fraction of sp³-hybridized carbons (Fsp3) is 0.875. The van der Waals surface area contributed by atoms with Gasteiger partial charge < -0.3 is 0 Å². The molecular weight excluding hydrogens is 126 g/mol. The summed E-state index contributed by atoms with van der Waals surface area (Å²) in [5.41, 5.74) is 0.423. The van der Waals surface area contributed by atoms with Gasteiger partial charge in [-0.15, -0.1) is 0 Å². The predicted octanol–water partition coefficient (Wildman–Crippen LogP) is 0.814. The van der Waals surface area contributed by atoms with Gasteiger partial charge in [-0.1, -0.05) is 0 Å². The van der Waals surface area contributed by atoms with E-state index >= 15 is 0 Å². The molecule has 1 saturated heterocycles. The zero-order valence-corrected chi connectivity index (χ0v) is 6.39. The highest BCUT2D eigenvalue weighted by molar-refractivity contribution is 5.82. The SMILES string of the molecule is CC1(N2CCC(=O)C2)CC1. The molecule has 0 radical (unpaired) electrons. The van der Waals surface area contributed by atoms with E-state index in [1.165, 1.54) is 12.8 Å². The van der Waals surface area contributed by atoms with Gasteiger partial charge in [-0.25, -0.2) is 0 Å². The number of rotatable bonds is 1. The fourth-order valence-corrected chi connectivity index (χ4v) is 1.59. The predicted molar refractivity (Wildman–Crippen MR) is 38.8 cm³/mol. The third-order valence-corrected chi connectivity index (χ3v) is 2.76. The molecule has 1 aliphatic carbocycles. The highest BCUT2D eigenvalue weighted by atomic mass is 16.1. The molecule has 0 amide bonds. The van der Waals surface area contributed by atoms with Gasteiger partial charge in [-0.3, -0.25) is 9.69 Å². The lowest BCUT2D eigenvalue weighted by Gasteiger charge is -2.21. The maximum atomic E-state index is 10.9. The molecule has 0 aromatic carbocycles. The van der Waals surface area contributed by atoms with Crippen LogP contribution in [0.1, 0.15) is 26.2 Å². The average Bonchev–Trinajstić information content (AvgIpc) is 2.45. The molecule has 1 saturated carbocycles. The first-order chi connectivity index (χ1) is 4.71. The van der Waals surface area contributed by atoms with Gasteiger partial charge in [-0.2, -0.15) is 0 Å². The maximum absolute atomic E-state index is 10.9. The summed E-state index contributed by atoms with van der Waals surface area (Å²) < 4.78 is 0. The van der Waals surface area contributed by atoms with Crippen LogP contribution in [0.2, 0.25) is 0 Å². The number of hydrogen-bond donors (Lipinski definition) is 0. The van der Waals surface area contributed by atoms with E-state index in [0.29, 0.717) is 11.3 Å². The average molecular weight is 139 g/mol. The summed E-state index contributed by atoms with van der Waals surface area (Å²) >= 11 is 0. The summed E-state index contributed by atoms with van der Waals surface area (Å²) in [6.07, 6.45) is 3.37. The van der Waals surface area contributed by atoms with Crippen LogP contribution < -0.4 is 0 Å². The van der Waals surface area contributed by atoms with Gasteiger partial charge in [0.05, 0.1) is 6.54 Å². The van der Waals surface area contributed by atoms with E-state index in [-0.39, 0.29) is 0 Å². The third kappa shape index (κ3) is 0.870. The van der Waals surface area contributed by atoms with Crippen molar-refractivity contribution in [2.24, 2.45) is 0 Å². The van der Waals surface area contributed by atoms with Gasteiger partial charge in [0.15, 0.2) is 0 Å². The highest BCUT2D eigenvalue weighted by Gasteiger charge is 2.45. The molecule has 2 nitrogen and oxygen atoms in total. The van der Waals surface area contributed by atoms with Crippen molar-refractivity contribution >= 4 is 5.78 Å². The van der Waals surface area contributed by atoms with Crippen molar-refractivity contribution in [2.75, 3.05) is 13.1 Å². The van der Waals surface area contributed by atoms with Crippen LogP contribution in [0.15, 0.2) is 0 Å². The lowest BCUT2D eigenvalue weighted by atomic mass is 10.3. The van der Waals surface area contributed by atoms with E-state index in [2.05, 4.69) is 11.8 Å². The minimum Gasteiger partial charge on any atom is -0.298 e. The number of hydrogen-bond acceptors (Lipinski definition) is 2. The molecular formula is C8H13NO. The van der Waals surface area contributed by atoms with Gasteiger partial charge >= 0.3 is 0 Å². The number of ketones is 1. The fourth-order valence-electron chi connectivity index (χ4n) is 1.59. The molecule has 1 heterocycles. The van der Waals surface area contributed by atoms with Crippen LogP contribution in [-0.2, 0) is 4.79 Å². The summed E-state index contributed by atoms with van der Waals surface area (Å²) in [4.78, 5) is 13.2. The maximum Gasteiger partial charge on any atom is 0.148 e. The largest absolute Gasteiger partial charge is 0.298 e. The van der Waals surface area contributed by atoms with Gasteiger partial charge in [0.25, 0.3) is 0 Å². The Morgan fingerprint density at radius 2 is 2.20 bits per heavy atom. The Kier molecular flexibility index (Phi) is 1.15. The third-order valence-electron chi connectivity index (χ3n) is 2.76. The molecule has 0 bridgehead atoms. The van der Waals surface area contributed by atoms with Crippen molar-refractivity contribution in [3.05, 3.63) is 0 Å². The topological polar surface area (TPSA) is 20.3 Å². The number of Topliss-reactive ketones (excluding diaryl/α,β-unsaturated/α-hetero) is 1. The Bertz CT molecular complexity index is 172. The molecule has 2 aliphatic rings. The van der Waals surface area contributed by atoms with Gasteiger partial charge in [0.1, 0.15) is 5.78 Å². The molecule has 10 heavy (non-hydrogen) atoms. The molecule has 0 aromatic rings. The lowest BCUT2D eigenvalue weighted by Crippen LogP contribution is -2.32. The Balaban J connectivity index is 2.01. The molecule has 56 valence electrons. The van der Waals surface area contributed by atoms with Crippen LogP contribution in [0.25, 0.3) is 0 Å². The second kappa shape index (κ2) is 1.82. The molecule has 0 aromatic heterocycles. The summed E-state index contributed by atoms with van der Waals surface area (Å²) in [5.74, 6) is 0.424. The Morgan fingerprint density at radius 3 is 2.60 bits per heavy atom. The van der Waals surface area contributed by atoms with Crippen LogP contribution in [0.3, 0.4) is 0 Å². The molecule has 2 fully saturated rings. The van der Waals surface area contributed by atoms with Crippen molar-refractivity contribution in [2.45, 2.75) is 31.7 Å². The second-order valence-corrected chi connectivity index (χ2v) is 3.71. The van der Waals surface area contributed by atoms with Crippen molar-refractivity contribution in [3.63, 3.8) is 0 Å². The summed E-state index contributed by atoms with van der Waals surface area (Å²) in [7, 11) is 0. The van der Waals surface area contributed by atoms with E-state index in [1.54, 1.807) is 0 Å². The first-order valence-electron chi connectivity index (χ1n) is 3.97. The first-order valence-corrected chi connectivity index (χ1v) is 3.97. The molecule has 0 spiro atoms. The summed E-state index contributed by atoms with van der Waals surface area (Å²) in [6.45, 7) is 3.98. The summed E-state index contributed by atoms with van der Waals surface area (Å²) in [6, 6.07) is 0.